The predicted octanol–water partition coefficient (Wildman–Crippen LogP) is 3.76. The number of hydrogen-bond acceptors (Lipinski definition) is 3. The van der Waals surface area contributed by atoms with Gasteiger partial charge in [-0.2, -0.15) is 0 Å². The third-order valence-corrected chi connectivity index (χ3v) is 5.30. The highest BCUT2D eigenvalue weighted by molar-refractivity contribution is 5.78. The molecule has 1 aromatic rings. The van der Waals surface area contributed by atoms with Crippen molar-refractivity contribution >= 4 is 5.91 Å². The van der Waals surface area contributed by atoms with Gasteiger partial charge in [-0.25, -0.2) is 0 Å². The van der Waals surface area contributed by atoms with Crippen molar-refractivity contribution in [1.82, 2.24) is 9.80 Å². The average Bonchev–Trinajstić information content (AvgIpc) is 2.82. The largest absolute Gasteiger partial charge is 0.465 e. The van der Waals surface area contributed by atoms with Crippen LogP contribution in [0.15, 0.2) is 16.5 Å². The Bertz CT molecular complexity index is 525. The second-order valence-electron chi connectivity index (χ2n) is 7.37. The molecule has 4 nitrogen and oxygen atoms in total. The Labute approximate surface area is 139 Å². The standard InChI is InChI=1S/C19H30N2O2/c1-15-7-6-12-21(13-15)19(22)14-20-11-5-3-4-8-17(20)18-10-9-16(2)23-18/h9-10,15,17H,3-8,11-14H2,1-2H3. The molecule has 0 radical (unpaired) electrons. The summed E-state index contributed by atoms with van der Waals surface area (Å²) in [5.41, 5.74) is 0. The Morgan fingerprint density at radius 2 is 2.04 bits per heavy atom. The highest BCUT2D eigenvalue weighted by Gasteiger charge is 2.29. The molecule has 2 aliphatic rings. The van der Waals surface area contributed by atoms with Crippen LogP contribution >= 0.6 is 0 Å². The topological polar surface area (TPSA) is 36.7 Å². The maximum atomic E-state index is 12.8. The van der Waals surface area contributed by atoms with Crippen molar-refractivity contribution in [2.24, 2.45) is 5.92 Å². The molecule has 0 N–H and O–H groups in total. The first-order valence-corrected chi connectivity index (χ1v) is 9.21. The van der Waals surface area contributed by atoms with Gasteiger partial charge < -0.3 is 9.32 Å². The van der Waals surface area contributed by atoms with Gasteiger partial charge in [-0.1, -0.05) is 19.8 Å². The van der Waals surface area contributed by atoms with Crippen molar-refractivity contribution in [2.75, 3.05) is 26.2 Å². The van der Waals surface area contributed by atoms with Crippen LogP contribution in [0.3, 0.4) is 0 Å². The number of hydrogen-bond donors (Lipinski definition) is 0. The van der Waals surface area contributed by atoms with Crippen LogP contribution in [0.5, 0.6) is 0 Å². The molecule has 2 fully saturated rings. The van der Waals surface area contributed by atoms with Gasteiger partial charge in [0.05, 0.1) is 12.6 Å². The van der Waals surface area contributed by atoms with Crippen molar-refractivity contribution in [2.45, 2.75) is 58.4 Å². The van der Waals surface area contributed by atoms with Crippen LogP contribution in [-0.2, 0) is 4.79 Å². The summed E-state index contributed by atoms with van der Waals surface area (Å²) in [7, 11) is 0. The number of furan rings is 1. The van der Waals surface area contributed by atoms with Gasteiger partial charge in [-0.05, 0) is 57.2 Å². The zero-order valence-electron chi connectivity index (χ0n) is 14.6. The highest BCUT2D eigenvalue weighted by Crippen LogP contribution is 2.31. The van der Waals surface area contributed by atoms with E-state index in [0.29, 0.717) is 18.4 Å². The Kier molecular flexibility index (Phi) is 5.42. The fourth-order valence-corrected chi connectivity index (χ4v) is 4.00. The highest BCUT2D eigenvalue weighted by atomic mass is 16.3. The maximum absolute atomic E-state index is 12.8. The summed E-state index contributed by atoms with van der Waals surface area (Å²) < 4.78 is 5.89. The summed E-state index contributed by atoms with van der Waals surface area (Å²) in [5, 5.41) is 0. The molecule has 4 heteroatoms. The first kappa shape index (κ1) is 16.6. The zero-order chi connectivity index (χ0) is 16.2. The molecule has 2 unspecified atom stereocenters. The van der Waals surface area contributed by atoms with Crippen LogP contribution in [0.4, 0.5) is 0 Å². The van der Waals surface area contributed by atoms with Crippen molar-refractivity contribution in [3.8, 4) is 0 Å². The molecule has 3 rings (SSSR count). The van der Waals surface area contributed by atoms with E-state index in [1.807, 2.05) is 13.0 Å². The number of likely N-dealkylation sites (tertiary alicyclic amines) is 2. The Balaban J connectivity index is 1.68. The number of carbonyl (C=O) groups excluding carboxylic acids is 1. The molecular weight excluding hydrogens is 288 g/mol. The SMILES string of the molecule is Cc1ccc(C2CCCCCN2CC(=O)N2CCCC(C)C2)o1. The maximum Gasteiger partial charge on any atom is 0.236 e. The molecule has 3 heterocycles. The summed E-state index contributed by atoms with van der Waals surface area (Å²) in [6.07, 6.45) is 7.14. The van der Waals surface area contributed by atoms with E-state index in [1.54, 1.807) is 0 Å². The monoisotopic (exact) mass is 318 g/mol. The van der Waals surface area contributed by atoms with Crippen LogP contribution in [0.1, 0.15) is 63.0 Å². The number of carbonyl (C=O) groups is 1. The lowest BCUT2D eigenvalue weighted by Gasteiger charge is -2.34. The summed E-state index contributed by atoms with van der Waals surface area (Å²) in [6, 6.07) is 4.38. The lowest BCUT2D eigenvalue weighted by Crippen LogP contribution is -2.45. The van der Waals surface area contributed by atoms with Crippen LogP contribution in [0.2, 0.25) is 0 Å². The molecule has 0 aliphatic carbocycles. The first-order valence-electron chi connectivity index (χ1n) is 9.21. The van der Waals surface area contributed by atoms with E-state index in [4.69, 9.17) is 4.42 Å². The normalized spacial score (nSPS) is 27.0. The van der Waals surface area contributed by atoms with E-state index in [2.05, 4.69) is 22.8 Å². The lowest BCUT2D eigenvalue weighted by atomic mass is 10.0. The van der Waals surface area contributed by atoms with Crippen molar-refractivity contribution < 1.29 is 9.21 Å². The average molecular weight is 318 g/mol. The number of rotatable bonds is 3. The number of nitrogens with zero attached hydrogens (tertiary/aromatic N) is 2. The second-order valence-corrected chi connectivity index (χ2v) is 7.37. The molecule has 23 heavy (non-hydrogen) atoms. The van der Waals surface area contributed by atoms with Gasteiger partial charge in [0.1, 0.15) is 11.5 Å². The summed E-state index contributed by atoms with van der Waals surface area (Å²) >= 11 is 0. The molecule has 1 amide bonds. The molecule has 0 aromatic carbocycles. The first-order chi connectivity index (χ1) is 11.1. The summed E-state index contributed by atoms with van der Waals surface area (Å²) in [4.78, 5) is 17.2. The Morgan fingerprint density at radius 3 is 2.78 bits per heavy atom. The molecule has 0 saturated carbocycles. The molecule has 1 aromatic heterocycles. The van der Waals surface area contributed by atoms with E-state index in [1.165, 1.54) is 25.7 Å². The third kappa shape index (κ3) is 4.17. The van der Waals surface area contributed by atoms with Gasteiger partial charge in [0.2, 0.25) is 5.91 Å². The van der Waals surface area contributed by atoms with Gasteiger partial charge in [0.15, 0.2) is 0 Å². The Hall–Kier alpha value is -1.29. The molecular formula is C19H30N2O2. The minimum absolute atomic E-state index is 0.261. The minimum atomic E-state index is 0.261. The van der Waals surface area contributed by atoms with Gasteiger partial charge in [-0.15, -0.1) is 0 Å². The van der Waals surface area contributed by atoms with Gasteiger partial charge >= 0.3 is 0 Å². The number of piperidine rings is 1. The molecule has 0 bridgehead atoms. The fourth-order valence-electron chi connectivity index (χ4n) is 4.00. The number of aryl methyl sites for hydroxylation is 1. The second kappa shape index (κ2) is 7.52. The van der Waals surface area contributed by atoms with Crippen LogP contribution in [0.25, 0.3) is 0 Å². The third-order valence-electron chi connectivity index (χ3n) is 5.30. The van der Waals surface area contributed by atoms with Crippen LogP contribution in [-0.4, -0.2) is 41.9 Å². The molecule has 128 valence electrons. The van der Waals surface area contributed by atoms with Crippen molar-refractivity contribution in [3.05, 3.63) is 23.7 Å². The van der Waals surface area contributed by atoms with Crippen molar-refractivity contribution in [3.63, 3.8) is 0 Å². The zero-order valence-corrected chi connectivity index (χ0v) is 14.6. The van der Waals surface area contributed by atoms with Gasteiger partial charge in [0, 0.05) is 13.1 Å². The minimum Gasteiger partial charge on any atom is -0.465 e. The van der Waals surface area contributed by atoms with Crippen LogP contribution < -0.4 is 0 Å². The quantitative estimate of drug-likeness (QED) is 0.851. The molecule has 2 aliphatic heterocycles. The summed E-state index contributed by atoms with van der Waals surface area (Å²) in [5.74, 6) is 2.93. The van der Waals surface area contributed by atoms with E-state index in [9.17, 15) is 4.79 Å². The van der Waals surface area contributed by atoms with Crippen LogP contribution in [0, 0.1) is 12.8 Å². The van der Waals surface area contributed by atoms with Gasteiger partial charge in [-0.3, -0.25) is 9.69 Å². The molecule has 0 spiro atoms. The van der Waals surface area contributed by atoms with E-state index >= 15 is 0 Å². The van der Waals surface area contributed by atoms with E-state index in [0.717, 1.165) is 44.0 Å². The predicted molar refractivity (Wildman–Crippen MR) is 91.2 cm³/mol. The van der Waals surface area contributed by atoms with Gasteiger partial charge in [0.25, 0.3) is 0 Å². The summed E-state index contributed by atoms with van der Waals surface area (Å²) in [6.45, 7) is 7.64. The molecule has 2 atom stereocenters. The smallest absolute Gasteiger partial charge is 0.236 e. The van der Waals surface area contributed by atoms with E-state index < -0.39 is 0 Å². The van der Waals surface area contributed by atoms with E-state index in [-0.39, 0.29) is 6.04 Å². The fraction of sp³-hybridized carbons (Fsp3) is 0.737. The molecule has 2 saturated heterocycles. The number of amides is 1. The lowest BCUT2D eigenvalue weighted by molar-refractivity contribution is -0.134. The van der Waals surface area contributed by atoms with Crippen molar-refractivity contribution in [1.29, 1.82) is 0 Å². The Morgan fingerprint density at radius 1 is 1.17 bits per heavy atom.